The average Bonchev–Trinajstić information content (AvgIpc) is 2.73. The van der Waals surface area contributed by atoms with Gasteiger partial charge in [0.2, 0.25) is 0 Å². The summed E-state index contributed by atoms with van der Waals surface area (Å²) >= 11 is 0. The Morgan fingerprint density at radius 3 is 1.33 bits per heavy atom. The predicted octanol–water partition coefficient (Wildman–Crippen LogP) is 7.03. The van der Waals surface area contributed by atoms with Gasteiger partial charge in [-0.1, -0.05) is 91.0 Å². The zero-order valence-electron chi connectivity index (χ0n) is 14.8. The summed E-state index contributed by atoms with van der Waals surface area (Å²) < 4.78 is 0. The first kappa shape index (κ1) is 15.7. The summed E-state index contributed by atoms with van der Waals surface area (Å²) in [6.07, 6.45) is 0. The Labute approximate surface area is 158 Å². The molecule has 0 radical (unpaired) electrons. The van der Waals surface area contributed by atoms with Crippen LogP contribution in [-0.4, -0.2) is 5.11 Å². The molecule has 27 heavy (non-hydrogen) atoms. The summed E-state index contributed by atoms with van der Waals surface area (Å²) in [6, 6.07) is 35.1. The lowest BCUT2D eigenvalue weighted by molar-refractivity contribution is 0.479. The highest BCUT2D eigenvalue weighted by Gasteiger charge is 2.11. The van der Waals surface area contributed by atoms with Gasteiger partial charge in [0, 0.05) is 11.1 Å². The van der Waals surface area contributed by atoms with Crippen molar-refractivity contribution >= 4 is 21.5 Å². The van der Waals surface area contributed by atoms with Crippen LogP contribution in [0, 0.1) is 0 Å². The number of fused-ring (bicyclic) bond motifs is 2. The summed E-state index contributed by atoms with van der Waals surface area (Å²) in [5, 5.41) is 15.8. The zero-order chi connectivity index (χ0) is 18.2. The molecule has 0 amide bonds. The van der Waals surface area contributed by atoms with Crippen LogP contribution in [0.1, 0.15) is 0 Å². The number of rotatable bonds is 2. The molecule has 0 spiro atoms. The maximum Gasteiger partial charge on any atom is 0.131 e. The van der Waals surface area contributed by atoms with Crippen LogP contribution >= 0.6 is 0 Å². The van der Waals surface area contributed by atoms with Gasteiger partial charge in [0.05, 0.1) is 0 Å². The van der Waals surface area contributed by atoms with Crippen molar-refractivity contribution in [3.05, 3.63) is 103 Å². The van der Waals surface area contributed by atoms with Crippen LogP contribution in [0.2, 0.25) is 0 Å². The highest BCUT2D eigenvalue weighted by molar-refractivity contribution is 5.92. The van der Waals surface area contributed by atoms with E-state index in [1.807, 2.05) is 42.5 Å². The molecular weight excluding hydrogens is 328 g/mol. The molecule has 0 heterocycles. The van der Waals surface area contributed by atoms with Crippen molar-refractivity contribution in [3.63, 3.8) is 0 Å². The van der Waals surface area contributed by atoms with Gasteiger partial charge in [0.25, 0.3) is 0 Å². The Bertz CT molecular complexity index is 1190. The third-order valence-corrected chi connectivity index (χ3v) is 5.16. The van der Waals surface area contributed by atoms with Gasteiger partial charge in [0.15, 0.2) is 0 Å². The van der Waals surface area contributed by atoms with Gasteiger partial charge in [-0.2, -0.15) is 0 Å². The molecule has 1 heteroatoms. The molecule has 1 N–H and O–H groups in total. The molecule has 0 aliphatic rings. The monoisotopic (exact) mass is 346 g/mol. The second-order valence-electron chi connectivity index (χ2n) is 6.83. The van der Waals surface area contributed by atoms with Crippen LogP contribution in [0.4, 0.5) is 0 Å². The molecule has 5 rings (SSSR count). The molecule has 0 aliphatic heterocycles. The molecule has 0 saturated carbocycles. The lowest BCUT2D eigenvalue weighted by atomic mass is 9.95. The van der Waals surface area contributed by atoms with E-state index in [2.05, 4.69) is 60.7 Å². The molecule has 1 nitrogen and oxygen atoms in total. The van der Waals surface area contributed by atoms with Crippen LogP contribution in [0.3, 0.4) is 0 Å². The quantitative estimate of drug-likeness (QED) is 0.364. The topological polar surface area (TPSA) is 20.2 Å². The third-order valence-electron chi connectivity index (χ3n) is 5.16. The Morgan fingerprint density at radius 2 is 0.852 bits per heavy atom. The van der Waals surface area contributed by atoms with Gasteiger partial charge in [-0.15, -0.1) is 0 Å². The van der Waals surface area contributed by atoms with Crippen molar-refractivity contribution in [2.24, 2.45) is 0 Å². The third kappa shape index (κ3) is 2.74. The highest BCUT2D eigenvalue weighted by atomic mass is 16.3. The van der Waals surface area contributed by atoms with Crippen LogP contribution in [0.5, 0.6) is 5.75 Å². The lowest BCUT2D eigenvalue weighted by Gasteiger charge is -2.12. The second kappa shape index (κ2) is 6.30. The molecule has 0 saturated heterocycles. The standard InChI is InChI=1S/C26H18O/c27-26-24(22-14-12-18-6-1-3-8-20(18)16-22)10-5-11-25(26)23-15-13-19-7-2-4-9-21(19)17-23/h1-17,27H. The molecular formula is C26H18O. The van der Waals surface area contributed by atoms with E-state index in [1.54, 1.807) is 0 Å². The summed E-state index contributed by atoms with van der Waals surface area (Å²) in [5.74, 6) is 0.322. The minimum absolute atomic E-state index is 0.322. The molecule has 128 valence electrons. The summed E-state index contributed by atoms with van der Waals surface area (Å²) in [4.78, 5) is 0. The Kier molecular flexibility index (Phi) is 3.65. The SMILES string of the molecule is Oc1c(-c2ccc3ccccc3c2)cccc1-c1ccc2ccccc2c1. The van der Waals surface area contributed by atoms with E-state index < -0.39 is 0 Å². The minimum atomic E-state index is 0.322. The maximum absolute atomic E-state index is 11.0. The molecule has 0 aliphatic carbocycles. The van der Waals surface area contributed by atoms with Gasteiger partial charge in [-0.05, 0) is 44.8 Å². The number of benzene rings is 5. The maximum atomic E-state index is 11.0. The Morgan fingerprint density at radius 1 is 0.407 bits per heavy atom. The van der Waals surface area contributed by atoms with E-state index in [-0.39, 0.29) is 0 Å². The Balaban J connectivity index is 1.66. The van der Waals surface area contributed by atoms with E-state index in [9.17, 15) is 5.11 Å². The summed E-state index contributed by atoms with van der Waals surface area (Å²) in [6.45, 7) is 0. The number of aromatic hydroxyl groups is 1. The molecule has 5 aromatic carbocycles. The van der Waals surface area contributed by atoms with Crippen LogP contribution in [-0.2, 0) is 0 Å². The fourth-order valence-corrected chi connectivity index (χ4v) is 3.72. The van der Waals surface area contributed by atoms with E-state index >= 15 is 0 Å². The van der Waals surface area contributed by atoms with Crippen molar-refractivity contribution < 1.29 is 5.11 Å². The summed E-state index contributed by atoms with van der Waals surface area (Å²) in [7, 11) is 0. The molecule has 0 aromatic heterocycles. The fraction of sp³-hybridized carbons (Fsp3) is 0. The molecule has 5 aromatic rings. The van der Waals surface area contributed by atoms with E-state index in [0.29, 0.717) is 5.75 Å². The molecule has 0 atom stereocenters. The largest absolute Gasteiger partial charge is 0.507 e. The van der Waals surface area contributed by atoms with Gasteiger partial charge in [-0.3, -0.25) is 0 Å². The molecule has 0 unspecified atom stereocenters. The fourth-order valence-electron chi connectivity index (χ4n) is 3.72. The molecule has 0 fully saturated rings. The van der Waals surface area contributed by atoms with Crippen molar-refractivity contribution in [2.75, 3.05) is 0 Å². The number of phenolic OH excluding ortho intramolecular Hbond substituents is 1. The van der Waals surface area contributed by atoms with Crippen LogP contribution < -0.4 is 0 Å². The lowest BCUT2D eigenvalue weighted by Crippen LogP contribution is -1.85. The number of para-hydroxylation sites is 1. The molecule has 0 bridgehead atoms. The first-order chi connectivity index (χ1) is 13.3. The van der Waals surface area contributed by atoms with E-state index in [1.165, 1.54) is 21.5 Å². The average molecular weight is 346 g/mol. The first-order valence-corrected chi connectivity index (χ1v) is 9.10. The number of hydrogen-bond donors (Lipinski definition) is 1. The van der Waals surface area contributed by atoms with Crippen LogP contribution in [0.25, 0.3) is 43.8 Å². The van der Waals surface area contributed by atoms with Crippen molar-refractivity contribution in [1.82, 2.24) is 0 Å². The predicted molar refractivity (Wildman–Crippen MR) is 114 cm³/mol. The number of phenols is 1. The smallest absolute Gasteiger partial charge is 0.131 e. The van der Waals surface area contributed by atoms with E-state index in [0.717, 1.165) is 22.3 Å². The van der Waals surface area contributed by atoms with Crippen LogP contribution in [0.15, 0.2) is 103 Å². The van der Waals surface area contributed by atoms with Crippen molar-refractivity contribution in [3.8, 4) is 28.0 Å². The minimum Gasteiger partial charge on any atom is -0.507 e. The van der Waals surface area contributed by atoms with Gasteiger partial charge in [-0.25, -0.2) is 0 Å². The normalized spacial score (nSPS) is 11.1. The van der Waals surface area contributed by atoms with E-state index in [4.69, 9.17) is 0 Å². The Hall–Kier alpha value is -3.58. The van der Waals surface area contributed by atoms with Crippen molar-refractivity contribution in [1.29, 1.82) is 0 Å². The first-order valence-electron chi connectivity index (χ1n) is 9.10. The summed E-state index contributed by atoms with van der Waals surface area (Å²) in [5.41, 5.74) is 3.75. The number of hydrogen-bond acceptors (Lipinski definition) is 1. The van der Waals surface area contributed by atoms with Gasteiger partial charge >= 0.3 is 0 Å². The van der Waals surface area contributed by atoms with Gasteiger partial charge < -0.3 is 5.11 Å². The zero-order valence-corrected chi connectivity index (χ0v) is 14.8. The van der Waals surface area contributed by atoms with Crippen molar-refractivity contribution in [2.45, 2.75) is 0 Å². The van der Waals surface area contributed by atoms with Gasteiger partial charge in [0.1, 0.15) is 5.75 Å². The second-order valence-corrected chi connectivity index (χ2v) is 6.83. The highest BCUT2D eigenvalue weighted by Crippen LogP contribution is 2.39.